The molecule has 3 rings (SSSR count). The van der Waals surface area contributed by atoms with Gasteiger partial charge >= 0.3 is 0 Å². The maximum atomic E-state index is 13.8. The van der Waals surface area contributed by atoms with Gasteiger partial charge in [0, 0.05) is 25.7 Å². The first-order valence-corrected chi connectivity index (χ1v) is 8.43. The van der Waals surface area contributed by atoms with Crippen LogP contribution < -0.4 is 5.73 Å². The zero-order valence-electron chi connectivity index (χ0n) is 13.9. The molecule has 6 nitrogen and oxygen atoms in total. The van der Waals surface area contributed by atoms with Crippen molar-refractivity contribution >= 4 is 11.8 Å². The molecule has 25 heavy (non-hydrogen) atoms. The maximum Gasteiger partial charge on any atom is 0.274 e. The Hall–Kier alpha value is -2.70. The van der Waals surface area contributed by atoms with Crippen LogP contribution in [0.2, 0.25) is 0 Å². The summed E-state index contributed by atoms with van der Waals surface area (Å²) in [6, 6.07) is 7.88. The number of piperidine rings is 1. The van der Waals surface area contributed by atoms with Gasteiger partial charge < -0.3 is 10.6 Å². The van der Waals surface area contributed by atoms with Gasteiger partial charge in [-0.05, 0) is 43.4 Å². The fraction of sp³-hybridized carbons (Fsp3) is 0.389. The number of primary amides is 1. The van der Waals surface area contributed by atoms with Gasteiger partial charge in [0.2, 0.25) is 5.91 Å². The van der Waals surface area contributed by atoms with E-state index in [4.69, 9.17) is 5.73 Å². The second kappa shape index (κ2) is 7.46. The number of aromatic nitrogens is 2. The van der Waals surface area contributed by atoms with E-state index in [1.165, 1.54) is 10.7 Å². The second-order valence-corrected chi connectivity index (χ2v) is 6.36. The highest BCUT2D eigenvalue weighted by molar-refractivity contribution is 5.92. The van der Waals surface area contributed by atoms with E-state index >= 15 is 0 Å². The van der Waals surface area contributed by atoms with Crippen molar-refractivity contribution < 1.29 is 14.0 Å². The van der Waals surface area contributed by atoms with E-state index in [1.54, 1.807) is 35.4 Å². The van der Waals surface area contributed by atoms with Gasteiger partial charge in [-0.3, -0.25) is 9.59 Å². The Bertz CT molecular complexity index is 774. The Balaban J connectivity index is 1.69. The number of para-hydroxylation sites is 1. The Kier molecular flexibility index (Phi) is 5.11. The molecular weight excluding hydrogens is 323 g/mol. The summed E-state index contributed by atoms with van der Waals surface area (Å²) in [5.74, 6) is -0.598. The average Bonchev–Trinajstić information content (AvgIpc) is 3.10. The summed E-state index contributed by atoms with van der Waals surface area (Å²) in [7, 11) is 0. The van der Waals surface area contributed by atoms with Gasteiger partial charge in [0.1, 0.15) is 11.5 Å². The zero-order valence-corrected chi connectivity index (χ0v) is 13.9. The van der Waals surface area contributed by atoms with Crippen molar-refractivity contribution in [3.63, 3.8) is 0 Å². The van der Waals surface area contributed by atoms with Crippen LogP contribution in [0.4, 0.5) is 4.39 Å². The average molecular weight is 344 g/mol. The Labute approximate surface area is 145 Å². The maximum absolute atomic E-state index is 13.8. The lowest BCUT2D eigenvalue weighted by Crippen LogP contribution is -2.40. The number of benzene rings is 1. The quantitative estimate of drug-likeness (QED) is 0.902. The molecule has 2 aromatic rings. The molecule has 1 aromatic carbocycles. The van der Waals surface area contributed by atoms with E-state index in [0.717, 1.165) is 12.8 Å². The molecule has 0 aliphatic carbocycles. The van der Waals surface area contributed by atoms with Crippen molar-refractivity contribution in [3.05, 3.63) is 48.0 Å². The van der Waals surface area contributed by atoms with Crippen LogP contribution in [0.1, 0.15) is 36.2 Å². The molecule has 1 saturated heterocycles. The van der Waals surface area contributed by atoms with Crippen LogP contribution in [0.15, 0.2) is 36.5 Å². The number of halogens is 1. The van der Waals surface area contributed by atoms with Crippen molar-refractivity contribution in [2.45, 2.75) is 25.7 Å². The normalized spacial score (nSPS) is 17.5. The van der Waals surface area contributed by atoms with E-state index in [1.807, 2.05) is 0 Å². The summed E-state index contributed by atoms with van der Waals surface area (Å²) in [6.07, 6.45) is 4.50. The molecule has 1 aliphatic rings. The molecule has 2 N–H and O–H groups in total. The van der Waals surface area contributed by atoms with Gasteiger partial charge in [0.25, 0.3) is 5.91 Å². The van der Waals surface area contributed by atoms with Crippen LogP contribution >= 0.6 is 0 Å². The number of nitrogens with zero attached hydrogens (tertiary/aromatic N) is 3. The van der Waals surface area contributed by atoms with Crippen LogP contribution in [0.5, 0.6) is 0 Å². The van der Waals surface area contributed by atoms with Gasteiger partial charge in [-0.2, -0.15) is 5.10 Å². The molecule has 1 fully saturated rings. The number of likely N-dealkylation sites (tertiary alicyclic amines) is 1. The smallest absolute Gasteiger partial charge is 0.274 e. The second-order valence-electron chi connectivity index (χ2n) is 6.36. The molecule has 7 heteroatoms. The molecule has 2 heterocycles. The van der Waals surface area contributed by atoms with Crippen LogP contribution in [0, 0.1) is 11.7 Å². The minimum Gasteiger partial charge on any atom is -0.370 e. The predicted octanol–water partition coefficient (Wildman–Crippen LogP) is 2.13. The molecule has 132 valence electrons. The van der Waals surface area contributed by atoms with E-state index in [2.05, 4.69) is 5.10 Å². The van der Waals surface area contributed by atoms with Crippen LogP contribution in [-0.4, -0.2) is 39.6 Å². The van der Waals surface area contributed by atoms with Crippen molar-refractivity contribution in [3.8, 4) is 5.69 Å². The van der Waals surface area contributed by atoms with Crippen molar-refractivity contribution in [1.29, 1.82) is 0 Å². The molecule has 1 atom stereocenters. The SMILES string of the molecule is NC(=O)CCC1CCCN(C(=O)c2ccn(-c3ccccc3F)n2)C1. The summed E-state index contributed by atoms with van der Waals surface area (Å²) in [6.45, 7) is 1.26. The van der Waals surface area contributed by atoms with Gasteiger partial charge in [-0.15, -0.1) is 0 Å². The Morgan fingerprint density at radius 2 is 2.08 bits per heavy atom. The molecule has 0 spiro atoms. The van der Waals surface area contributed by atoms with Crippen LogP contribution in [0.25, 0.3) is 5.69 Å². The number of nitrogens with two attached hydrogens (primary N) is 1. The lowest BCUT2D eigenvalue weighted by Gasteiger charge is -2.32. The minimum absolute atomic E-state index is 0.168. The Morgan fingerprint density at radius 3 is 2.84 bits per heavy atom. The summed E-state index contributed by atoms with van der Waals surface area (Å²) in [4.78, 5) is 25.4. The number of amides is 2. The molecule has 1 aliphatic heterocycles. The van der Waals surface area contributed by atoms with Gasteiger partial charge in [-0.1, -0.05) is 12.1 Å². The van der Waals surface area contributed by atoms with Crippen LogP contribution in [0.3, 0.4) is 0 Å². The van der Waals surface area contributed by atoms with Gasteiger partial charge in [-0.25, -0.2) is 9.07 Å². The van der Waals surface area contributed by atoms with Crippen molar-refractivity contribution in [2.75, 3.05) is 13.1 Å². The van der Waals surface area contributed by atoms with E-state index < -0.39 is 5.82 Å². The van der Waals surface area contributed by atoms with E-state index in [9.17, 15) is 14.0 Å². The summed E-state index contributed by atoms with van der Waals surface area (Å²) < 4.78 is 15.2. The van der Waals surface area contributed by atoms with Gasteiger partial charge in [0.05, 0.1) is 0 Å². The first kappa shape index (κ1) is 17.1. The van der Waals surface area contributed by atoms with Crippen LogP contribution in [-0.2, 0) is 4.79 Å². The van der Waals surface area contributed by atoms with Gasteiger partial charge in [0.15, 0.2) is 5.69 Å². The summed E-state index contributed by atoms with van der Waals surface area (Å²) >= 11 is 0. The monoisotopic (exact) mass is 344 g/mol. The molecule has 2 amide bonds. The van der Waals surface area contributed by atoms with Crippen molar-refractivity contribution in [1.82, 2.24) is 14.7 Å². The third-order valence-electron chi connectivity index (χ3n) is 4.51. The third-order valence-corrected chi connectivity index (χ3v) is 4.51. The van der Waals surface area contributed by atoms with E-state index in [-0.39, 0.29) is 17.7 Å². The number of carbonyl (C=O) groups is 2. The zero-order chi connectivity index (χ0) is 17.8. The first-order chi connectivity index (χ1) is 12.0. The Morgan fingerprint density at radius 1 is 1.28 bits per heavy atom. The largest absolute Gasteiger partial charge is 0.370 e. The topological polar surface area (TPSA) is 81.2 Å². The highest BCUT2D eigenvalue weighted by Gasteiger charge is 2.26. The number of hydrogen-bond acceptors (Lipinski definition) is 3. The molecule has 1 unspecified atom stereocenters. The molecule has 0 saturated carbocycles. The number of hydrogen-bond donors (Lipinski definition) is 1. The molecular formula is C18H21FN4O2. The fourth-order valence-electron chi connectivity index (χ4n) is 3.20. The molecule has 0 radical (unpaired) electrons. The highest BCUT2D eigenvalue weighted by atomic mass is 19.1. The summed E-state index contributed by atoms with van der Waals surface area (Å²) in [5.41, 5.74) is 5.80. The summed E-state index contributed by atoms with van der Waals surface area (Å²) in [5, 5.41) is 4.23. The highest BCUT2D eigenvalue weighted by Crippen LogP contribution is 2.22. The lowest BCUT2D eigenvalue weighted by atomic mass is 9.93. The fourth-order valence-corrected chi connectivity index (χ4v) is 3.20. The minimum atomic E-state index is -0.394. The van der Waals surface area contributed by atoms with Crippen molar-refractivity contribution in [2.24, 2.45) is 11.7 Å². The molecule has 1 aromatic heterocycles. The number of rotatable bonds is 5. The molecule has 0 bridgehead atoms. The third kappa shape index (κ3) is 4.04. The standard InChI is InChI=1S/C18H21FN4O2/c19-14-5-1-2-6-16(14)23-11-9-15(21-23)18(25)22-10-3-4-13(12-22)7-8-17(20)24/h1-2,5-6,9,11,13H,3-4,7-8,10,12H2,(H2,20,24). The predicted molar refractivity (Wildman–Crippen MR) is 90.6 cm³/mol. The first-order valence-electron chi connectivity index (χ1n) is 8.43. The lowest BCUT2D eigenvalue weighted by molar-refractivity contribution is -0.118. The van der Waals surface area contributed by atoms with E-state index in [0.29, 0.717) is 37.3 Å². The number of carbonyl (C=O) groups excluding carboxylic acids is 2.